The van der Waals surface area contributed by atoms with Gasteiger partial charge in [-0.1, -0.05) is 0 Å². The predicted molar refractivity (Wildman–Crippen MR) is 43.2 cm³/mol. The van der Waals surface area contributed by atoms with Gasteiger partial charge in [-0.15, -0.1) is 0 Å². The fourth-order valence-corrected chi connectivity index (χ4v) is 1.41. The van der Waals surface area contributed by atoms with Gasteiger partial charge in [0.05, 0.1) is 12.1 Å². The molecule has 1 heterocycles. The summed E-state index contributed by atoms with van der Waals surface area (Å²) in [6, 6.07) is -0.0625. The Morgan fingerprint density at radius 3 is 2.83 bits per heavy atom. The third-order valence-electron chi connectivity index (χ3n) is 2.23. The van der Waals surface area contributed by atoms with Gasteiger partial charge < -0.3 is 20.1 Å². The van der Waals surface area contributed by atoms with E-state index in [2.05, 4.69) is 5.32 Å². The van der Waals surface area contributed by atoms with Gasteiger partial charge in [-0.25, -0.2) is 4.79 Å². The molecule has 0 unspecified atom stereocenters. The quantitative estimate of drug-likeness (QED) is 0.597. The molecule has 1 aliphatic heterocycles. The second kappa shape index (κ2) is 3.73. The van der Waals surface area contributed by atoms with E-state index in [0.29, 0.717) is 6.54 Å². The summed E-state index contributed by atoms with van der Waals surface area (Å²) in [5.74, 6) is 0. The van der Waals surface area contributed by atoms with Crippen molar-refractivity contribution in [3.8, 4) is 0 Å². The molecule has 2 N–H and O–H groups in total. The van der Waals surface area contributed by atoms with Crippen molar-refractivity contribution in [3.05, 3.63) is 0 Å². The minimum Gasteiger partial charge on any atom is -0.465 e. The third-order valence-corrected chi connectivity index (χ3v) is 2.23. The number of carboxylic acid groups (broad SMARTS) is 1. The Kier molecular flexibility index (Phi) is 2.88. The van der Waals surface area contributed by atoms with Gasteiger partial charge in [0.2, 0.25) is 0 Å². The van der Waals surface area contributed by atoms with Crippen LogP contribution < -0.4 is 5.32 Å². The van der Waals surface area contributed by atoms with E-state index in [4.69, 9.17) is 9.84 Å². The molecule has 1 aliphatic rings. The van der Waals surface area contributed by atoms with Crippen molar-refractivity contribution in [1.82, 2.24) is 10.2 Å². The molecule has 2 atom stereocenters. The fraction of sp³-hybridized carbons (Fsp3) is 0.857. The van der Waals surface area contributed by atoms with Crippen molar-refractivity contribution in [2.75, 3.05) is 27.2 Å². The van der Waals surface area contributed by atoms with Gasteiger partial charge in [0.1, 0.15) is 0 Å². The summed E-state index contributed by atoms with van der Waals surface area (Å²) in [5.41, 5.74) is 0. The largest absolute Gasteiger partial charge is 0.465 e. The molecule has 0 bridgehead atoms. The average molecular weight is 174 g/mol. The minimum absolute atomic E-state index is 0.0221. The van der Waals surface area contributed by atoms with Crippen molar-refractivity contribution in [1.29, 1.82) is 0 Å². The average Bonchev–Trinajstić information content (AvgIpc) is 2.49. The first-order chi connectivity index (χ1) is 5.66. The maximum absolute atomic E-state index is 10.6. The van der Waals surface area contributed by atoms with Crippen molar-refractivity contribution in [3.63, 3.8) is 0 Å². The lowest BCUT2D eigenvalue weighted by atomic mass is 10.2. The lowest BCUT2D eigenvalue weighted by Crippen LogP contribution is -2.44. The molecule has 0 radical (unpaired) electrons. The third kappa shape index (κ3) is 1.67. The molecule has 0 aromatic rings. The summed E-state index contributed by atoms with van der Waals surface area (Å²) in [6.07, 6.45) is -0.933. The van der Waals surface area contributed by atoms with Crippen molar-refractivity contribution >= 4 is 6.09 Å². The van der Waals surface area contributed by atoms with Crippen LogP contribution in [0.1, 0.15) is 0 Å². The van der Waals surface area contributed by atoms with E-state index >= 15 is 0 Å². The van der Waals surface area contributed by atoms with Crippen LogP contribution in [0.15, 0.2) is 0 Å². The zero-order valence-corrected chi connectivity index (χ0v) is 7.28. The molecule has 1 fully saturated rings. The molecule has 0 spiro atoms. The molecule has 12 heavy (non-hydrogen) atoms. The normalized spacial score (nSPS) is 28.8. The Balaban J connectivity index is 2.55. The van der Waals surface area contributed by atoms with Crippen LogP contribution >= 0.6 is 0 Å². The van der Waals surface area contributed by atoms with Gasteiger partial charge in [-0.05, 0) is 0 Å². The molecular weight excluding hydrogens is 160 g/mol. The molecule has 0 aromatic heterocycles. The standard InChI is InChI=1S/C7H14N2O3/c1-9(7(10)11)5-3-8-4-6(5)12-2/h5-6,8H,3-4H2,1-2H3,(H,10,11)/t5-,6+/m1/s1. The van der Waals surface area contributed by atoms with E-state index in [1.807, 2.05) is 0 Å². The Morgan fingerprint density at radius 2 is 2.33 bits per heavy atom. The van der Waals surface area contributed by atoms with Crippen LogP contribution in [0.3, 0.4) is 0 Å². The first-order valence-electron chi connectivity index (χ1n) is 3.86. The van der Waals surface area contributed by atoms with E-state index in [-0.39, 0.29) is 12.1 Å². The van der Waals surface area contributed by atoms with E-state index < -0.39 is 6.09 Å². The van der Waals surface area contributed by atoms with Gasteiger partial charge in [-0.2, -0.15) is 0 Å². The van der Waals surface area contributed by atoms with Crippen LogP contribution in [0, 0.1) is 0 Å². The predicted octanol–water partition coefficient (Wildman–Crippen LogP) is -0.417. The summed E-state index contributed by atoms with van der Waals surface area (Å²) < 4.78 is 5.13. The molecule has 70 valence electrons. The summed E-state index contributed by atoms with van der Waals surface area (Å²) >= 11 is 0. The van der Waals surface area contributed by atoms with Crippen LogP contribution in [0.5, 0.6) is 0 Å². The van der Waals surface area contributed by atoms with E-state index in [1.165, 1.54) is 4.90 Å². The lowest BCUT2D eigenvalue weighted by Gasteiger charge is -2.25. The Labute approximate surface area is 71.3 Å². The number of hydrogen-bond donors (Lipinski definition) is 2. The van der Waals surface area contributed by atoms with Gasteiger partial charge in [-0.3, -0.25) is 0 Å². The Morgan fingerprint density at radius 1 is 1.67 bits per heavy atom. The number of carbonyl (C=O) groups is 1. The van der Waals surface area contributed by atoms with Crippen molar-refractivity contribution in [2.24, 2.45) is 0 Å². The number of nitrogens with one attached hydrogen (secondary N) is 1. The van der Waals surface area contributed by atoms with E-state index in [9.17, 15) is 4.79 Å². The second-order valence-electron chi connectivity index (χ2n) is 2.89. The first kappa shape index (κ1) is 9.28. The molecule has 5 nitrogen and oxygen atoms in total. The molecule has 1 saturated heterocycles. The highest BCUT2D eigenvalue weighted by atomic mass is 16.5. The first-order valence-corrected chi connectivity index (χ1v) is 3.86. The highest BCUT2D eigenvalue weighted by molar-refractivity contribution is 5.65. The Hall–Kier alpha value is -0.810. The number of nitrogens with zero attached hydrogens (tertiary/aromatic N) is 1. The zero-order chi connectivity index (χ0) is 9.14. The molecule has 0 aliphatic carbocycles. The van der Waals surface area contributed by atoms with Gasteiger partial charge >= 0.3 is 6.09 Å². The highest BCUT2D eigenvalue weighted by Crippen LogP contribution is 2.10. The van der Waals surface area contributed by atoms with Crippen LogP contribution in [0.25, 0.3) is 0 Å². The zero-order valence-electron chi connectivity index (χ0n) is 7.28. The molecular formula is C7H14N2O3. The lowest BCUT2D eigenvalue weighted by molar-refractivity contribution is 0.0535. The number of likely N-dealkylation sites (N-methyl/N-ethyl adjacent to an activating group) is 1. The summed E-state index contributed by atoms with van der Waals surface area (Å²) in [6.45, 7) is 1.39. The number of rotatable bonds is 2. The Bertz CT molecular complexity index is 174. The molecule has 0 saturated carbocycles. The summed E-state index contributed by atoms with van der Waals surface area (Å²) in [5, 5.41) is 11.8. The topological polar surface area (TPSA) is 61.8 Å². The number of ether oxygens (including phenoxy) is 1. The van der Waals surface area contributed by atoms with Gasteiger partial charge in [0.25, 0.3) is 0 Å². The molecule has 5 heteroatoms. The van der Waals surface area contributed by atoms with Crippen molar-refractivity contribution < 1.29 is 14.6 Å². The van der Waals surface area contributed by atoms with E-state index in [0.717, 1.165) is 6.54 Å². The highest BCUT2D eigenvalue weighted by Gasteiger charge is 2.32. The smallest absolute Gasteiger partial charge is 0.407 e. The second-order valence-corrected chi connectivity index (χ2v) is 2.89. The summed E-state index contributed by atoms with van der Waals surface area (Å²) in [7, 11) is 3.16. The minimum atomic E-state index is -0.911. The van der Waals surface area contributed by atoms with Crippen LogP contribution in [-0.4, -0.2) is 55.5 Å². The van der Waals surface area contributed by atoms with Crippen LogP contribution in [0.2, 0.25) is 0 Å². The molecule has 0 aromatic carbocycles. The monoisotopic (exact) mass is 174 g/mol. The SMILES string of the molecule is CO[C@H]1CNC[C@H]1N(C)C(=O)O. The number of methoxy groups -OCH3 is 1. The summed E-state index contributed by atoms with van der Waals surface area (Å²) in [4.78, 5) is 11.9. The maximum atomic E-state index is 10.6. The van der Waals surface area contributed by atoms with Crippen molar-refractivity contribution in [2.45, 2.75) is 12.1 Å². The van der Waals surface area contributed by atoms with Gasteiger partial charge in [0, 0.05) is 27.2 Å². The van der Waals surface area contributed by atoms with Gasteiger partial charge in [0.15, 0.2) is 0 Å². The van der Waals surface area contributed by atoms with E-state index in [1.54, 1.807) is 14.2 Å². The molecule has 1 rings (SSSR count). The fourth-order valence-electron chi connectivity index (χ4n) is 1.41. The van der Waals surface area contributed by atoms with Crippen LogP contribution in [0.4, 0.5) is 4.79 Å². The number of amides is 1. The maximum Gasteiger partial charge on any atom is 0.407 e. The molecule has 1 amide bonds. The van der Waals surface area contributed by atoms with Crippen LogP contribution in [-0.2, 0) is 4.74 Å². The number of hydrogen-bond acceptors (Lipinski definition) is 3.